The van der Waals surface area contributed by atoms with E-state index in [4.69, 9.17) is 0 Å². The summed E-state index contributed by atoms with van der Waals surface area (Å²) in [5, 5.41) is 5.59. The number of pyridine rings is 1. The van der Waals surface area contributed by atoms with Crippen LogP contribution in [-0.2, 0) is 0 Å². The van der Waals surface area contributed by atoms with Crippen molar-refractivity contribution in [2.45, 2.75) is 0 Å². The van der Waals surface area contributed by atoms with Crippen LogP contribution in [0.15, 0.2) is 77.5 Å². The minimum absolute atomic E-state index is 0.301. The second-order valence-electron chi connectivity index (χ2n) is 5.20. The minimum Gasteiger partial charge on any atom is -0.322 e. The number of para-hydroxylation sites is 1. The Labute approximate surface area is 153 Å². The maximum absolute atomic E-state index is 12.6. The molecule has 0 atom stereocenters. The van der Waals surface area contributed by atoms with E-state index < -0.39 is 0 Å². The van der Waals surface area contributed by atoms with E-state index in [0.717, 1.165) is 4.47 Å². The van der Waals surface area contributed by atoms with Gasteiger partial charge in [-0.1, -0.05) is 34.1 Å². The standard InChI is InChI=1S/C19H14BrN3O2/c20-14-4-3-5-15(12-14)22-19(25)16-6-1-2-7-17(16)23-18(24)13-8-10-21-11-9-13/h1-12H,(H,22,25)(H,23,24). The molecule has 1 heterocycles. The van der Waals surface area contributed by atoms with Crippen molar-refractivity contribution in [3.63, 3.8) is 0 Å². The molecule has 2 aromatic carbocycles. The van der Waals surface area contributed by atoms with Crippen LogP contribution in [0.4, 0.5) is 11.4 Å². The van der Waals surface area contributed by atoms with Crippen LogP contribution in [0, 0.1) is 0 Å². The summed E-state index contributed by atoms with van der Waals surface area (Å²) in [7, 11) is 0. The van der Waals surface area contributed by atoms with Crippen LogP contribution < -0.4 is 10.6 Å². The van der Waals surface area contributed by atoms with Gasteiger partial charge in [-0.3, -0.25) is 14.6 Å². The van der Waals surface area contributed by atoms with Crippen molar-refractivity contribution in [3.8, 4) is 0 Å². The fraction of sp³-hybridized carbons (Fsp3) is 0. The lowest BCUT2D eigenvalue weighted by Gasteiger charge is -2.11. The zero-order valence-corrected chi connectivity index (χ0v) is 14.7. The number of amides is 2. The Morgan fingerprint density at radius 2 is 1.60 bits per heavy atom. The molecule has 6 heteroatoms. The van der Waals surface area contributed by atoms with Crippen LogP contribution in [-0.4, -0.2) is 16.8 Å². The molecule has 0 fully saturated rings. The van der Waals surface area contributed by atoms with Gasteiger partial charge in [0, 0.05) is 28.1 Å². The summed E-state index contributed by atoms with van der Waals surface area (Å²) in [6, 6.07) is 17.4. The number of carbonyl (C=O) groups is 2. The number of hydrogen-bond donors (Lipinski definition) is 2. The zero-order chi connectivity index (χ0) is 17.6. The normalized spacial score (nSPS) is 10.1. The second kappa shape index (κ2) is 7.72. The smallest absolute Gasteiger partial charge is 0.257 e. The molecule has 0 aliphatic rings. The molecule has 2 N–H and O–H groups in total. The van der Waals surface area contributed by atoms with Gasteiger partial charge in [-0.15, -0.1) is 0 Å². The topological polar surface area (TPSA) is 71.1 Å². The molecule has 2 amide bonds. The van der Waals surface area contributed by atoms with Crippen LogP contribution in [0.1, 0.15) is 20.7 Å². The Hall–Kier alpha value is -2.99. The van der Waals surface area contributed by atoms with E-state index in [0.29, 0.717) is 22.5 Å². The first kappa shape index (κ1) is 16.9. The molecule has 0 spiro atoms. The monoisotopic (exact) mass is 395 g/mol. The average Bonchev–Trinajstić information content (AvgIpc) is 2.63. The first-order valence-electron chi connectivity index (χ1n) is 7.51. The fourth-order valence-electron chi connectivity index (χ4n) is 2.25. The van der Waals surface area contributed by atoms with Gasteiger partial charge in [0.1, 0.15) is 0 Å². The number of rotatable bonds is 4. The van der Waals surface area contributed by atoms with Crippen molar-refractivity contribution >= 4 is 39.1 Å². The Balaban J connectivity index is 1.81. The summed E-state index contributed by atoms with van der Waals surface area (Å²) in [4.78, 5) is 28.8. The van der Waals surface area contributed by atoms with Gasteiger partial charge < -0.3 is 10.6 Å². The van der Waals surface area contributed by atoms with Crippen molar-refractivity contribution < 1.29 is 9.59 Å². The van der Waals surface area contributed by atoms with Crippen LogP contribution in [0.25, 0.3) is 0 Å². The number of nitrogens with zero attached hydrogens (tertiary/aromatic N) is 1. The van der Waals surface area contributed by atoms with E-state index in [9.17, 15) is 9.59 Å². The van der Waals surface area contributed by atoms with E-state index in [2.05, 4.69) is 31.5 Å². The predicted molar refractivity (Wildman–Crippen MR) is 101 cm³/mol. The number of carbonyl (C=O) groups excluding carboxylic acids is 2. The molecule has 1 aromatic heterocycles. The fourth-order valence-corrected chi connectivity index (χ4v) is 2.65. The molecule has 0 radical (unpaired) electrons. The number of nitrogens with one attached hydrogen (secondary N) is 2. The van der Waals surface area contributed by atoms with E-state index in [1.54, 1.807) is 60.9 Å². The maximum atomic E-state index is 12.6. The van der Waals surface area contributed by atoms with Crippen LogP contribution in [0.3, 0.4) is 0 Å². The number of hydrogen-bond acceptors (Lipinski definition) is 3. The van der Waals surface area contributed by atoms with Gasteiger partial charge >= 0.3 is 0 Å². The molecule has 124 valence electrons. The molecule has 0 saturated carbocycles. The number of benzene rings is 2. The predicted octanol–water partition coefficient (Wildman–Crippen LogP) is 4.35. The van der Waals surface area contributed by atoms with Crippen molar-refractivity contribution in [2.24, 2.45) is 0 Å². The highest BCUT2D eigenvalue weighted by atomic mass is 79.9. The van der Waals surface area contributed by atoms with Gasteiger partial charge in [-0.2, -0.15) is 0 Å². The third kappa shape index (κ3) is 4.30. The summed E-state index contributed by atoms with van der Waals surface area (Å²) in [5.41, 5.74) is 1.95. The molecule has 0 saturated heterocycles. The first-order valence-corrected chi connectivity index (χ1v) is 8.30. The minimum atomic E-state index is -0.302. The van der Waals surface area contributed by atoms with Crippen LogP contribution in [0.2, 0.25) is 0 Å². The lowest BCUT2D eigenvalue weighted by molar-refractivity contribution is 0.102. The highest BCUT2D eigenvalue weighted by molar-refractivity contribution is 9.10. The Morgan fingerprint density at radius 3 is 2.36 bits per heavy atom. The van der Waals surface area contributed by atoms with E-state index in [1.165, 1.54) is 0 Å². The third-order valence-electron chi connectivity index (χ3n) is 3.44. The van der Waals surface area contributed by atoms with Gasteiger partial charge in [0.15, 0.2) is 0 Å². The summed E-state index contributed by atoms with van der Waals surface area (Å²) in [5.74, 6) is -0.603. The molecule has 5 nitrogen and oxygen atoms in total. The molecule has 0 unspecified atom stereocenters. The van der Waals surface area contributed by atoms with Gasteiger partial charge in [0.05, 0.1) is 11.3 Å². The first-order chi connectivity index (χ1) is 12.1. The van der Waals surface area contributed by atoms with E-state index >= 15 is 0 Å². The highest BCUT2D eigenvalue weighted by Crippen LogP contribution is 2.20. The van der Waals surface area contributed by atoms with Gasteiger partial charge in [-0.25, -0.2) is 0 Å². The van der Waals surface area contributed by atoms with Gasteiger partial charge in [0.25, 0.3) is 11.8 Å². The number of anilines is 2. The average molecular weight is 396 g/mol. The van der Waals surface area contributed by atoms with Crippen molar-refractivity contribution in [1.29, 1.82) is 0 Å². The molecule has 25 heavy (non-hydrogen) atoms. The lowest BCUT2D eigenvalue weighted by Crippen LogP contribution is -2.18. The molecule has 0 aliphatic heterocycles. The Morgan fingerprint density at radius 1 is 0.840 bits per heavy atom. The van der Waals surface area contributed by atoms with Gasteiger partial charge in [0.2, 0.25) is 0 Å². The van der Waals surface area contributed by atoms with Crippen LogP contribution >= 0.6 is 15.9 Å². The Bertz CT molecular complexity index is 913. The number of aromatic nitrogens is 1. The molecule has 3 rings (SSSR count). The molecular weight excluding hydrogens is 382 g/mol. The van der Waals surface area contributed by atoms with E-state index in [1.807, 2.05) is 12.1 Å². The largest absolute Gasteiger partial charge is 0.322 e. The molecular formula is C19H14BrN3O2. The maximum Gasteiger partial charge on any atom is 0.257 e. The van der Waals surface area contributed by atoms with Crippen molar-refractivity contribution in [2.75, 3.05) is 10.6 Å². The van der Waals surface area contributed by atoms with E-state index in [-0.39, 0.29) is 11.8 Å². The van der Waals surface area contributed by atoms with Crippen molar-refractivity contribution in [3.05, 3.63) is 88.7 Å². The highest BCUT2D eigenvalue weighted by Gasteiger charge is 2.14. The lowest BCUT2D eigenvalue weighted by atomic mass is 10.1. The second-order valence-corrected chi connectivity index (χ2v) is 6.12. The van der Waals surface area contributed by atoms with Crippen molar-refractivity contribution in [1.82, 2.24) is 4.98 Å². The zero-order valence-electron chi connectivity index (χ0n) is 13.1. The molecule has 3 aromatic rings. The molecule has 0 aliphatic carbocycles. The van der Waals surface area contributed by atoms with Gasteiger partial charge in [-0.05, 0) is 42.5 Å². The van der Waals surface area contributed by atoms with Crippen LogP contribution in [0.5, 0.6) is 0 Å². The summed E-state index contributed by atoms with van der Waals surface area (Å²) >= 11 is 3.37. The summed E-state index contributed by atoms with van der Waals surface area (Å²) < 4.78 is 0.865. The SMILES string of the molecule is O=C(Nc1ccccc1C(=O)Nc1cccc(Br)c1)c1ccncc1. The summed E-state index contributed by atoms with van der Waals surface area (Å²) in [6.07, 6.45) is 3.08. The Kier molecular flexibility index (Phi) is 5.20. The third-order valence-corrected chi connectivity index (χ3v) is 3.94. The molecule has 0 bridgehead atoms. The number of halogens is 1. The summed E-state index contributed by atoms with van der Waals surface area (Å²) in [6.45, 7) is 0. The quantitative estimate of drug-likeness (QED) is 0.689.